The second-order valence-corrected chi connectivity index (χ2v) is 8.67. The van der Waals surface area contributed by atoms with E-state index in [4.69, 9.17) is 5.14 Å². The van der Waals surface area contributed by atoms with Crippen LogP contribution in [-0.2, 0) is 22.9 Å². The molecule has 0 amide bonds. The Bertz CT molecular complexity index is 1460. The molecule has 2 aromatic heterocycles. The summed E-state index contributed by atoms with van der Waals surface area (Å²) < 4.78 is 22.7. The van der Waals surface area contributed by atoms with Crippen LogP contribution in [0.5, 0.6) is 0 Å². The number of pyridine rings is 2. The van der Waals surface area contributed by atoms with Crippen molar-refractivity contribution in [2.75, 3.05) is 0 Å². The number of rotatable bonds is 4. The minimum Gasteiger partial charge on any atom is -0.325 e. The third kappa shape index (κ3) is 5.07. The zero-order valence-corrected chi connectivity index (χ0v) is 17.3. The third-order valence-electron chi connectivity index (χ3n) is 4.78. The molecule has 0 atom stereocenters. The van der Waals surface area contributed by atoms with Crippen molar-refractivity contribution in [3.63, 3.8) is 0 Å². The van der Waals surface area contributed by atoms with Gasteiger partial charge in [-0.1, -0.05) is 48.4 Å². The summed E-state index contributed by atoms with van der Waals surface area (Å²) in [4.78, 5) is 19.9. The smallest absolute Gasteiger partial charge is 0.256 e. The Hall–Kier alpha value is -3.73. The van der Waals surface area contributed by atoms with E-state index in [1.54, 1.807) is 24.4 Å². The predicted molar refractivity (Wildman–Crippen MR) is 120 cm³/mol. The van der Waals surface area contributed by atoms with E-state index in [-0.39, 0.29) is 10.5 Å². The van der Waals surface area contributed by atoms with Gasteiger partial charge < -0.3 is 4.98 Å². The second kappa shape index (κ2) is 8.56. The lowest BCUT2D eigenvalue weighted by Gasteiger charge is -2.05. The number of nitrogens with one attached hydrogen (secondary N) is 1. The predicted octanol–water partition coefficient (Wildman–Crippen LogP) is 2.76. The first-order valence-electron chi connectivity index (χ1n) is 9.55. The molecule has 0 saturated carbocycles. The Morgan fingerprint density at radius 1 is 0.968 bits per heavy atom. The molecule has 0 unspecified atom stereocenters. The Morgan fingerprint density at radius 2 is 1.71 bits per heavy atom. The molecular weight excluding hydrogens is 410 g/mol. The number of benzene rings is 2. The SMILES string of the molecule is NS(=O)(=O)c1ccc(Cc2cc3cnc(C#CCc4ccccc4)cc3c(=O)[nH]2)cc1. The molecule has 0 saturated heterocycles. The topological polar surface area (TPSA) is 106 Å². The average molecular weight is 430 g/mol. The monoisotopic (exact) mass is 429 g/mol. The molecule has 0 aliphatic rings. The van der Waals surface area contributed by atoms with Crippen LogP contribution in [0.3, 0.4) is 0 Å². The van der Waals surface area contributed by atoms with Crippen molar-refractivity contribution >= 4 is 20.8 Å². The normalized spacial score (nSPS) is 11.1. The maximum Gasteiger partial charge on any atom is 0.256 e. The van der Waals surface area contributed by atoms with E-state index in [9.17, 15) is 13.2 Å². The van der Waals surface area contributed by atoms with Crippen molar-refractivity contribution in [3.8, 4) is 11.8 Å². The Balaban J connectivity index is 1.55. The van der Waals surface area contributed by atoms with Crippen LogP contribution in [0.15, 0.2) is 82.6 Å². The zero-order chi connectivity index (χ0) is 21.8. The van der Waals surface area contributed by atoms with Crippen molar-refractivity contribution in [1.29, 1.82) is 0 Å². The van der Waals surface area contributed by atoms with Gasteiger partial charge in [0, 0.05) is 30.1 Å². The molecule has 4 rings (SSSR count). The largest absolute Gasteiger partial charge is 0.325 e. The lowest BCUT2D eigenvalue weighted by Crippen LogP contribution is -2.12. The van der Waals surface area contributed by atoms with Gasteiger partial charge >= 0.3 is 0 Å². The molecule has 2 heterocycles. The summed E-state index contributed by atoms with van der Waals surface area (Å²) in [7, 11) is -3.73. The Labute approximate surface area is 179 Å². The Kier molecular flexibility index (Phi) is 5.67. The number of sulfonamides is 1. The van der Waals surface area contributed by atoms with E-state index in [1.807, 2.05) is 36.4 Å². The molecule has 0 radical (unpaired) electrons. The average Bonchev–Trinajstić information content (AvgIpc) is 2.75. The lowest BCUT2D eigenvalue weighted by molar-refractivity contribution is 0.598. The summed E-state index contributed by atoms with van der Waals surface area (Å²) in [5.74, 6) is 6.10. The molecule has 6 nitrogen and oxygen atoms in total. The molecule has 0 spiro atoms. The van der Waals surface area contributed by atoms with Gasteiger partial charge in [0.05, 0.1) is 10.3 Å². The van der Waals surface area contributed by atoms with Gasteiger partial charge in [0.1, 0.15) is 5.69 Å². The highest BCUT2D eigenvalue weighted by Crippen LogP contribution is 2.15. The number of primary sulfonamides is 1. The van der Waals surface area contributed by atoms with Gasteiger partial charge in [0.25, 0.3) is 5.56 Å². The summed E-state index contributed by atoms with van der Waals surface area (Å²) in [6.07, 6.45) is 2.69. The number of nitrogens with two attached hydrogens (primary N) is 1. The number of fused-ring (bicyclic) bond motifs is 1. The van der Waals surface area contributed by atoms with Gasteiger partial charge in [-0.15, -0.1) is 0 Å². The molecule has 3 N–H and O–H groups in total. The fourth-order valence-corrected chi connectivity index (χ4v) is 3.74. The molecule has 31 heavy (non-hydrogen) atoms. The van der Waals surface area contributed by atoms with Crippen LogP contribution < -0.4 is 10.7 Å². The van der Waals surface area contributed by atoms with E-state index in [2.05, 4.69) is 21.8 Å². The highest BCUT2D eigenvalue weighted by molar-refractivity contribution is 7.89. The van der Waals surface area contributed by atoms with Gasteiger partial charge in [-0.2, -0.15) is 0 Å². The first kappa shape index (κ1) is 20.5. The summed E-state index contributed by atoms with van der Waals surface area (Å²) >= 11 is 0. The van der Waals surface area contributed by atoms with Crippen molar-refractivity contribution < 1.29 is 8.42 Å². The number of aromatic nitrogens is 2. The van der Waals surface area contributed by atoms with Gasteiger partial charge in [0.15, 0.2) is 0 Å². The van der Waals surface area contributed by atoms with E-state index in [0.29, 0.717) is 35.0 Å². The molecule has 0 aliphatic carbocycles. The summed E-state index contributed by atoms with van der Waals surface area (Å²) in [5.41, 5.74) is 2.99. The summed E-state index contributed by atoms with van der Waals surface area (Å²) in [6.45, 7) is 0. The minimum absolute atomic E-state index is 0.0494. The fraction of sp³-hybridized carbons (Fsp3) is 0.0833. The van der Waals surface area contributed by atoms with E-state index < -0.39 is 10.0 Å². The van der Waals surface area contributed by atoms with Crippen LogP contribution in [0, 0.1) is 11.8 Å². The molecular formula is C24H19N3O3S. The molecule has 0 fully saturated rings. The first-order chi connectivity index (χ1) is 14.9. The van der Waals surface area contributed by atoms with Crippen LogP contribution >= 0.6 is 0 Å². The van der Waals surface area contributed by atoms with Gasteiger partial charge in [0.2, 0.25) is 10.0 Å². The van der Waals surface area contributed by atoms with Crippen LogP contribution in [0.4, 0.5) is 0 Å². The quantitative estimate of drug-likeness (QED) is 0.487. The highest BCUT2D eigenvalue weighted by Gasteiger charge is 2.08. The van der Waals surface area contributed by atoms with Gasteiger partial charge in [-0.05, 0) is 41.3 Å². The van der Waals surface area contributed by atoms with Crippen LogP contribution in [0.1, 0.15) is 22.5 Å². The lowest BCUT2D eigenvalue weighted by atomic mass is 10.1. The highest BCUT2D eigenvalue weighted by atomic mass is 32.2. The molecule has 4 aromatic rings. The van der Waals surface area contributed by atoms with Crippen molar-refractivity contribution in [2.45, 2.75) is 17.7 Å². The standard InChI is InChI=1S/C24H19N3O3S/c25-31(29,30)22-11-9-18(10-12-22)13-21-14-19-16-26-20(15-23(19)24(28)27-21)8-4-7-17-5-2-1-3-6-17/h1-3,5-6,9-12,14-16H,7,13H2,(H,27,28)(H2,25,29,30). The minimum atomic E-state index is -3.73. The molecule has 0 aliphatic heterocycles. The molecule has 154 valence electrons. The maximum atomic E-state index is 12.6. The third-order valence-corrected chi connectivity index (χ3v) is 5.71. The first-order valence-corrected chi connectivity index (χ1v) is 11.1. The summed E-state index contributed by atoms with van der Waals surface area (Å²) in [5, 5.41) is 6.36. The second-order valence-electron chi connectivity index (χ2n) is 7.11. The summed E-state index contributed by atoms with van der Waals surface area (Å²) in [6, 6.07) is 19.7. The molecule has 7 heteroatoms. The van der Waals surface area contributed by atoms with E-state index in [1.165, 1.54) is 12.1 Å². The number of H-pyrrole nitrogens is 1. The number of nitrogens with zero attached hydrogens (tertiary/aromatic N) is 1. The van der Waals surface area contributed by atoms with Crippen LogP contribution in [-0.4, -0.2) is 18.4 Å². The zero-order valence-electron chi connectivity index (χ0n) is 16.5. The molecule has 0 bridgehead atoms. The van der Waals surface area contributed by atoms with Crippen molar-refractivity contribution in [1.82, 2.24) is 9.97 Å². The van der Waals surface area contributed by atoms with E-state index >= 15 is 0 Å². The van der Waals surface area contributed by atoms with Gasteiger partial charge in [-0.3, -0.25) is 4.79 Å². The molecule has 2 aromatic carbocycles. The Morgan fingerprint density at radius 3 is 2.42 bits per heavy atom. The van der Waals surface area contributed by atoms with Crippen LogP contribution in [0.2, 0.25) is 0 Å². The van der Waals surface area contributed by atoms with Crippen LogP contribution in [0.25, 0.3) is 10.8 Å². The fourth-order valence-electron chi connectivity index (χ4n) is 3.23. The number of hydrogen-bond acceptors (Lipinski definition) is 4. The number of hydrogen-bond donors (Lipinski definition) is 2. The number of aromatic amines is 1. The maximum absolute atomic E-state index is 12.6. The van der Waals surface area contributed by atoms with Crippen molar-refractivity contribution in [3.05, 3.63) is 106 Å². The van der Waals surface area contributed by atoms with Gasteiger partial charge in [-0.25, -0.2) is 18.5 Å². The van der Waals surface area contributed by atoms with Crippen molar-refractivity contribution in [2.24, 2.45) is 5.14 Å². The van der Waals surface area contributed by atoms with E-state index in [0.717, 1.165) is 11.1 Å².